The number of carbonyl (C=O) groups is 2. The average molecular weight is 334 g/mol. The van der Waals surface area contributed by atoms with Gasteiger partial charge in [-0.05, 0) is 44.6 Å². The fourth-order valence-electron chi connectivity index (χ4n) is 3.84. The van der Waals surface area contributed by atoms with Crippen molar-refractivity contribution in [1.82, 2.24) is 10.3 Å². The van der Waals surface area contributed by atoms with Crippen LogP contribution in [0.3, 0.4) is 0 Å². The second-order valence-corrected chi connectivity index (χ2v) is 7.24. The van der Waals surface area contributed by atoms with Crippen molar-refractivity contribution in [3.05, 3.63) is 22.5 Å². The lowest BCUT2D eigenvalue weighted by atomic mass is 9.77. The number of hydrogen-bond acceptors (Lipinski definition) is 4. The van der Waals surface area contributed by atoms with E-state index in [1.54, 1.807) is 13.8 Å². The zero-order valence-electron chi connectivity index (χ0n) is 15.7. The molecule has 5 nitrogen and oxygen atoms in total. The van der Waals surface area contributed by atoms with Crippen LogP contribution >= 0.6 is 0 Å². The Morgan fingerprint density at radius 1 is 1.25 bits per heavy atom. The Morgan fingerprint density at radius 2 is 1.92 bits per heavy atom. The number of hydrogen-bond donors (Lipinski definition) is 2. The number of methoxy groups -OCH3 is 1. The van der Waals surface area contributed by atoms with Gasteiger partial charge in [0.1, 0.15) is 0 Å². The first kappa shape index (κ1) is 18.7. The van der Waals surface area contributed by atoms with Gasteiger partial charge in [-0.3, -0.25) is 4.79 Å². The standard InChI is InChI=1S/C19H30N2O3/c1-10-8-7-9-15(11(10)2)20-14(5)18(22)17-12(3)16(13(4)21-17)19(23)24-6/h10-11,14-15,20-21H,7-9H2,1-6H3/t10-,11-,14-,15+/m0/s1. The van der Waals surface area contributed by atoms with Crippen LogP contribution in [0.2, 0.25) is 0 Å². The van der Waals surface area contributed by atoms with E-state index in [1.165, 1.54) is 20.0 Å². The molecular formula is C19H30N2O3. The lowest BCUT2D eigenvalue weighted by Crippen LogP contribution is -2.47. The number of carbonyl (C=O) groups excluding carboxylic acids is 2. The number of H-pyrrole nitrogens is 1. The average Bonchev–Trinajstić information content (AvgIpc) is 2.85. The van der Waals surface area contributed by atoms with Crippen molar-refractivity contribution in [3.8, 4) is 0 Å². The van der Waals surface area contributed by atoms with Gasteiger partial charge in [0, 0.05) is 11.7 Å². The molecule has 0 aliphatic heterocycles. The Bertz CT molecular complexity index is 620. The molecule has 1 aliphatic carbocycles. The van der Waals surface area contributed by atoms with Crippen LogP contribution in [0.4, 0.5) is 0 Å². The molecule has 1 aliphatic rings. The molecule has 24 heavy (non-hydrogen) atoms. The van der Waals surface area contributed by atoms with E-state index in [1.807, 2.05) is 6.92 Å². The van der Waals surface area contributed by atoms with Gasteiger partial charge in [0.05, 0.1) is 24.4 Å². The Kier molecular flexibility index (Phi) is 5.86. The van der Waals surface area contributed by atoms with Gasteiger partial charge >= 0.3 is 5.97 Å². The maximum atomic E-state index is 12.9. The Morgan fingerprint density at radius 3 is 2.54 bits per heavy atom. The highest BCUT2D eigenvalue weighted by molar-refractivity contribution is 6.03. The van der Waals surface area contributed by atoms with E-state index in [0.29, 0.717) is 40.4 Å². The molecular weight excluding hydrogens is 304 g/mol. The fourth-order valence-corrected chi connectivity index (χ4v) is 3.84. The largest absolute Gasteiger partial charge is 0.465 e. The van der Waals surface area contributed by atoms with Gasteiger partial charge in [0.15, 0.2) is 5.78 Å². The summed E-state index contributed by atoms with van der Waals surface area (Å²) >= 11 is 0. The summed E-state index contributed by atoms with van der Waals surface area (Å²) < 4.78 is 4.81. The lowest BCUT2D eigenvalue weighted by molar-refractivity contribution is 0.0599. The van der Waals surface area contributed by atoms with Gasteiger partial charge in [-0.15, -0.1) is 0 Å². The molecule has 5 heteroatoms. The molecule has 1 saturated carbocycles. The van der Waals surface area contributed by atoms with Crippen LogP contribution in [0.25, 0.3) is 0 Å². The summed E-state index contributed by atoms with van der Waals surface area (Å²) in [6.45, 7) is 10.0. The number of Topliss-reactive ketones (excluding diaryl/α,β-unsaturated/α-hetero) is 1. The van der Waals surface area contributed by atoms with E-state index in [9.17, 15) is 9.59 Å². The molecule has 4 atom stereocenters. The van der Waals surface area contributed by atoms with Crippen molar-refractivity contribution < 1.29 is 14.3 Å². The molecule has 134 valence electrons. The van der Waals surface area contributed by atoms with Gasteiger partial charge < -0.3 is 15.0 Å². The van der Waals surface area contributed by atoms with Gasteiger partial charge in [0.2, 0.25) is 0 Å². The third-order valence-corrected chi connectivity index (χ3v) is 5.64. The highest BCUT2D eigenvalue weighted by Gasteiger charge is 2.31. The van der Waals surface area contributed by atoms with Crippen LogP contribution in [0.5, 0.6) is 0 Å². The number of esters is 1. The Labute approximate surface area is 144 Å². The van der Waals surface area contributed by atoms with Gasteiger partial charge in [-0.2, -0.15) is 0 Å². The second kappa shape index (κ2) is 7.51. The molecule has 1 fully saturated rings. The van der Waals surface area contributed by atoms with Crippen LogP contribution < -0.4 is 5.32 Å². The highest BCUT2D eigenvalue weighted by atomic mass is 16.5. The van der Waals surface area contributed by atoms with E-state index < -0.39 is 5.97 Å². The second-order valence-electron chi connectivity index (χ2n) is 7.24. The molecule has 0 aromatic carbocycles. The summed E-state index contributed by atoms with van der Waals surface area (Å²) in [5.74, 6) is 0.830. The molecule has 2 N–H and O–H groups in total. The predicted octanol–water partition coefficient (Wildman–Crippen LogP) is 3.40. The highest BCUT2D eigenvalue weighted by Crippen LogP contribution is 2.30. The summed E-state index contributed by atoms with van der Waals surface area (Å²) in [5, 5.41) is 3.51. The van der Waals surface area contributed by atoms with Crippen molar-refractivity contribution >= 4 is 11.8 Å². The van der Waals surface area contributed by atoms with Crippen LogP contribution in [0.1, 0.15) is 72.1 Å². The molecule has 0 amide bonds. The molecule has 1 aromatic rings. The topological polar surface area (TPSA) is 71.2 Å². The van der Waals surface area contributed by atoms with E-state index in [-0.39, 0.29) is 11.8 Å². The Hall–Kier alpha value is -1.62. The Balaban J connectivity index is 2.15. The lowest BCUT2D eigenvalue weighted by Gasteiger charge is -2.36. The number of aromatic nitrogens is 1. The number of nitrogens with one attached hydrogen (secondary N) is 2. The maximum absolute atomic E-state index is 12.9. The third-order valence-electron chi connectivity index (χ3n) is 5.64. The predicted molar refractivity (Wildman–Crippen MR) is 94.5 cm³/mol. The fraction of sp³-hybridized carbons (Fsp3) is 0.684. The first-order valence-corrected chi connectivity index (χ1v) is 8.85. The summed E-state index contributed by atoms with van der Waals surface area (Å²) in [7, 11) is 1.35. The van der Waals surface area contributed by atoms with Crippen LogP contribution in [0.15, 0.2) is 0 Å². The number of aryl methyl sites for hydroxylation is 1. The monoisotopic (exact) mass is 334 g/mol. The number of ether oxygens (including phenoxy) is 1. The first-order chi connectivity index (χ1) is 11.3. The third kappa shape index (κ3) is 3.56. The van der Waals surface area contributed by atoms with Crippen molar-refractivity contribution in [3.63, 3.8) is 0 Å². The quantitative estimate of drug-likeness (QED) is 0.639. The van der Waals surface area contributed by atoms with E-state index in [0.717, 1.165) is 6.42 Å². The number of ketones is 1. The van der Waals surface area contributed by atoms with Gasteiger partial charge in [-0.1, -0.05) is 26.7 Å². The summed E-state index contributed by atoms with van der Waals surface area (Å²) in [6.07, 6.45) is 3.58. The first-order valence-electron chi connectivity index (χ1n) is 8.85. The summed E-state index contributed by atoms with van der Waals surface area (Å²) in [4.78, 5) is 27.8. The summed E-state index contributed by atoms with van der Waals surface area (Å²) in [5.41, 5.74) is 2.31. The van der Waals surface area contributed by atoms with Crippen molar-refractivity contribution in [2.24, 2.45) is 11.8 Å². The van der Waals surface area contributed by atoms with Crippen molar-refractivity contribution in [1.29, 1.82) is 0 Å². The SMILES string of the molecule is COC(=O)c1c(C)[nH]c(C(=O)[C@H](C)N[C@@H]2CCC[C@H](C)[C@@H]2C)c1C. The summed E-state index contributed by atoms with van der Waals surface area (Å²) in [6, 6.07) is 0.0779. The molecule has 0 unspecified atom stereocenters. The van der Waals surface area contributed by atoms with E-state index in [2.05, 4.69) is 24.1 Å². The number of aromatic amines is 1. The molecule has 1 heterocycles. The van der Waals surface area contributed by atoms with Crippen LogP contribution in [0, 0.1) is 25.7 Å². The van der Waals surface area contributed by atoms with Gasteiger partial charge in [-0.25, -0.2) is 4.79 Å². The van der Waals surface area contributed by atoms with Crippen LogP contribution in [-0.2, 0) is 4.74 Å². The van der Waals surface area contributed by atoms with Crippen LogP contribution in [-0.4, -0.2) is 35.9 Å². The van der Waals surface area contributed by atoms with Crippen molar-refractivity contribution in [2.45, 2.75) is 66.0 Å². The normalized spacial score (nSPS) is 25.3. The zero-order chi connectivity index (χ0) is 18.0. The molecule has 0 radical (unpaired) electrons. The van der Waals surface area contributed by atoms with E-state index in [4.69, 9.17) is 4.74 Å². The smallest absolute Gasteiger partial charge is 0.339 e. The molecule has 1 aromatic heterocycles. The van der Waals surface area contributed by atoms with Gasteiger partial charge in [0.25, 0.3) is 0 Å². The van der Waals surface area contributed by atoms with E-state index >= 15 is 0 Å². The molecule has 2 rings (SSSR count). The minimum Gasteiger partial charge on any atom is -0.465 e. The minimum atomic E-state index is -0.407. The minimum absolute atomic E-state index is 0.00354. The molecule has 0 spiro atoms. The maximum Gasteiger partial charge on any atom is 0.339 e. The molecule has 0 saturated heterocycles. The molecule has 0 bridgehead atoms. The number of rotatable bonds is 5. The van der Waals surface area contributed by atoms with Crippen molar-refractivity contribution in [2.75, 3.05) is 7.11 Å². The zero-order valence-corrected chi connectivity index (χ0v) is 15.7.